The molecule has 4 nitrogen and oxygen atoms in total. The fourth-order valence-electron chi connectivity index (χ4n) is 1.65. The zero-order chi connectivity index (χ0) is 15.0. The van der Waals surface area contributed by atoms with Crippen LogP contribution in [-0.4, -0.2) is 50.6 Å². The molecule has 0 heterocycles. The van der Waals surface area contributed by atoms with E-state index >= 15 is 0 Å². The largest absolute Gasteiger partial charge is 0.356 e. The van der Waals surface area contributed by atoms with Crippen molar-refractivity contribution in [3.63, 3.8) is 0 Å². The molecule has 1 rings (SSSR count). The molecule has 0 bridgehead atoms. The van der Waals surface area contributed by atoms with Gasteiger partial charge in [0.2, 0.25) is 0 Å². The summed E-state index contributed by atoms with van der Waals surface area (Å²) in [4.78, 5) is 6.46. The zero-order valence-electron chi connectivity index (χ0n) is 13.8. The number of rotatable bonds is 6. The van der Waals surface area contributed by atoms with Crippen molar-refractivity contribution in [2.75, 3.05) is 34.2 Å². The topological polar surface area (TPSA) is 39.7 Å². The fraction of sp³-hybridized carbons (Fsp3) is 0.562. The van der Waals surface area contributed by atoms with E-state index in [2.05, 4.69) is 72.7 Å². The maximum absolute atomic E-state index is 4.26. The first kappa shape index (κ1) is 20.2. The normalized spacial score (nSPS) is 12.0. The van der Waals surface area contributed by atoms with Gasteiger partial charge in [-0.05, 0) is 39.9 Å². The van der Waals surface area contributed by atoms with Gasteiger partial charge in [-0.2, -0.15) is 0 Å². The number of aliphatic imine (C=N–C) groups is 1. The van der Waals surface area contributed by atoms with Crippen molar-refractivity contribution in [1.29, 1.82) is 0 Å². The second-order valence-corrected chi connectivity index (χ2v) is 5.80. The molecule has 1 aromatic rings. The molecule has 2 N–H and O–H groups in total. The van der Waals surface area contributed by atoms with E-state index in [4.69, 9.17) is 0 Å². The summed E-state index contributed by atoms with van der Waals surface area (Å²) in [5.74, 6) is 0.857. The van der Waals surface area contributed by atoms with Gasteiger partial charge in [-0.3, -0.25) is 4.99 Å². The van der Waals surface area contributed by atoms with Crippen molar-refractivity contribution >= 4 is 29.9 Å². The van der Waals surface area contributed by atoms with E-state index in [1.807, 2.05) is 6.07 Å². The SMILES string of the molecule is CN=C(NCCc1ccccc1)NCC(C)(C)N(C)C.I. The number of nitrogens with one attached hydrogen (secondary N) is 2. The van der Waals surface area contributed by atoms with Crippen molar-refractivity contribution < 1.29 is 0 Å². The lowest BCUT2D eigenvalue weighted by molar-refractivity contribution is 0.197. The Hall–Kier alpha value is -0.820. The molecular formula is C16H29IN4. The smallest absolute Gasteiger partial charge is 0.191 e. The standard InChI is InChI=1S/C16H28N4.HI/c1-16(2,20(4)5)13-19-15(17-3)18-12-11-14-9-7-6-8-10-14;/h6-10H,11-13H2,1-5H3,(H2,17,18,19);1H. The number of hydrogen-bond donors (Lipinski definition) is 2. The first-order chi connectivity index (χ1) is 9.45. The first-order valence-electron chi connectivity index (χ1n) is 7.11. The van der Waals surface area contributed by atoms with Crippen molar-refractivity contribution in [1.82, 2.24) is 15.5 Å². The lowest BCUT2D eigenvalue weighted by Gasteiger charge is -2.33. The molecule has 0 amide bonds. The molecule has 0 unspecified atom stereocenters. The Morgan fingerprint density at radius 1 is 1.14 bits per heavy atom. The Bertz CT molecular complexity index is 416. The van der Waals surface area contributed by atoms with Crippen LogP contribution in [0, 0.1) is 0 Å². The van der Waals surface area contributed by atoms with E-state index in [9.17, 15) is 0 Å². The molecule has 0 aromatic heterocycles. The van der Waals surface area contributed by atoms with Crippen LogP contribution in [0.5, 0.6) is 0 Å². The van der Waals surface area contributed by atoms with E-state index in [1.54, 1.807) is 7.05 Å². The molecule has 0 atom stereocenters. The van der Waals surface area contributed by atoms with Gasteiger partial charge in [0.1, 0.15) is 0 Å². The molecule has 1 aromatic carbocycles. The third-order valence-corrected chi connectivity index (χ3v) is 3.67. The number of nitrogens with zero attached hydrogens (tertiary/aromatic N) is 2. The van der Waals surface area contributed by atoms with Crippen molar-refractivity contribution in [2.45, 2.75) is 25.8 Å². The first-order valence-corrected chi connectivity index (χ1v) is 7.11. The molecule has 0 radical (unpaired) electrons. The van der Waals surface area contributed by atoms with Gasteiger partial charge in [-0.15, -0.1) is 24.0 Å². The van der Waals surface area contributed by atoms with Gasteiger partial charge in [-0.1, -0.05) is 30.3 Å². The zero-order valence-corrected chi connectivity index (χ0v) is 16.1. The van der Waals surface area contributed by atoms with Gasteiger partial charge < -0.3 is 15.5 Å². The Balaban J connectivity index is 0.00000400. The average Bonchev–Trinajstić information content (AvgIpc) is 2.43. The van der Waals surface area contributed by atoms with Gasteiger partial charge in [0.25, 0.3) is 0 Å². The molecule has 0 fully saturated rings. The number of likely N-dealkylation sites (N-methyl/N-ethyl adjacent to an activating group) is 1. The van der Waals surface area contributed by atoms with Gasteiger partial charge in [0, 0.05) is 25.7 Å². The van der Waals surface area contributed by atoms with Crippen molar-refractivity contribution in [3.05, 3.63) is 35.9 Å². The summed E-state index contributed by atoms with van der Waals surface area (Å²) in [6, 6.07) is 10.5. The minimum absolute atomic E-state index is 0. The summed E-state index contributed by atoms with van der Waals surface area (Å²) < 4.78 is 0. The highest BCUT2D eigenvalue weighted by atomic mass is 127. The molecule has 0 spiro atoms. The van der Waals surface area contributed by atoms with Crippen LogP contribution in [0.1, 0.15) is 19.4 Å². The van der Waals surface area contributed by atoms with Gasteiger partial charge >= 0.3 is 0 Å². The lowest BCUT2D eigenvalue weighted by Crippen LogP contribution is -2.51. The number of benzene rings is 1. The second-order valence-electron chi connectivity index (χ2n) is 5.80. The Labute approximate surface area is 146 Å². The van der Waals surface area contributed by atoms with Gasteiger partial charge in [0.15, 0.2) is 5.96 Å². The fourth-order valence-corrected chi connectivity index (χ4v) is 1.65. The van der Waals surface area contributed by atoms with E-state index in [1.165, 1.54) is 5.56 Å². The third-order valence-electron chi connectivity index (χ3n) is 3.67. The van der Waals surface area contributed by atoms with E-state index in [0.29, 0.717) is 0 Å². The van der Waals surface area contributed by atoms with Crippen LogP contribution in [0.15, 0.2) is 35.3 Å². The summed E-state index contributed by atoms with van der Waals surface area (Å²) in [5.41, 5.74) is 1.43. The van der Waals surface area contributed by atoms with Gasteiger partial charge in [0.05, 0.1) is 0 Å². The van der Waals surface area contributed by atoms with E-state index in [-0.39, 0.29) is 29.5 Å². The summed E-state index contributed by atoms with van der Waals surface area (Å²) in [5, 5.41) is 6.72. The van der Waals surface area contributed by atoms with Crippen LogP contribution < -0.4 is 10.6 Å². The Morgan fingerprint density at radius 3 is 2.29 bits per heavy atom. The number of hydrogen-bond acceptors (Lipinski definition) is 2. The van der Waals surface area contributed by atoms with Crippen LogP contribution >= 0.6 is 24.0 Å². The highest BCUT2D eigenvalue weighted by Gasteiger charge is 2.20. The molecule has 0 saturated heterocycles. The molecule has 0 aliphatic heterocycles. The maximum atomic E-state index is 4.26. The van der Waals surface area contributed by atoms with Crippen LogP contribution in [0.25, 0.3) is 0 Å². The highest BCUT2D eigenvalue weighted by Crippen LogP contribution is 2.07. The molecule has 21 heavy (non-hydrogen) atoms. The summed E-state index contributed by atoms with van der Waals surface area (Å²) >= 11 is 0. The predicted molar refractivity (Wildman–Crippen MR) is 103 cm³/mol. The highest BCUT2D eigenvalue weighted by molar-refractivity contribution is 14.0. The van der Waals surface area contributed by atoms with Crippen LogP contribution in [0.2, 0.25) is 0 Å². The van der Waals surface area contributed by atoms with Gasteiger partial charge in [-0.25, -0.2) is 0 Å². The van der Waals surface area contributed by atoms with Crippen LogP contribution in [0.4, 0.5) is 0 Å². The Kier molecular flexibility index (Phi) is 9.61. The average molecular weight is 404 g/mol. The Morgan fingerprint density at radius 2 is 1.76 bits per heavy atom. The minimum atomic E-state index is 0. The van der Waals surface area contributed by atoms with E-state index < -0.39 is 0 Å². The third kappa shape index (κ3) is 7.66. The van der Waals surface area contributed by atoms with Crippen LogP contribution in [0.3, 0.4) is 0 Å². The minimum Gasteiger partial charge on any atom is -0.356 e. The maximum Gasteiger partial charge on any atom is 0.191 e. The molecule has 0 saturated carbocycles. The number of halogens is 1. The number of guanidine groups is 1. The molecule has 0 aliphatic carbocycles. The second kappa shape index (κ2) is 10.00. The van der Waals surface area contributed by atoms with Crippen LogP contribution in [-0.2, 0) is 6.42 Å². The van der Waals surface area contributed by atoms with Crippen molar-refractivity contribution in [3.8, 4) is 0 Å². The molecule has 120 valence electrons. The monoisotopic (exact) mass is 404 g/mol. The summed E-state index contributed by atoms with van der Waals surface area (Å²) in [7, 11) is 5.99. The van der Waals surface area contributed by atoms with Crippen molar-refractivity contribution in [2.24, 2.45) is 4.99 Å². The lowest BCUT2D eigenvalue weighted by atomic mass is 10.0. The molecule has 0 aliphatic rings. The molecule has 5 heteroatoms. The van der Waals surface area contributed by atoms with E-state index in [0.717, 1.165) is 25.5 Å². The quantitative estimate of drug-likeness (QED) is 0.435. The molecular weight excluding hydrogens is 375 g/mol. The summed E-state index contributed by atoms with van der Waals surface area (Å²) in [6.45, 7) is 6.14. The summed E-state index contributed by atoms with van der Waals surface area (Å²) in [6.07, 6.45) is 0.999. The predicted octanol–water partition coefficient (Wildman–Crippen LogP) is 2.35.